The first-order chi connectivity index (χ1) is 9.69. The monoisotopic (exact) mass is 314 g/mol. The Bertz CT molecular complexity index is 513. The number of amides is 1. The van der Waals surface area contributed by atoms with Crippen molar-refractivity contribution >= 4 is 19.1 Å². The number of hydrogen-bond acceptors (Lipinski definition) is 5. The number of aliphatic hydroxyl groups is 2. The van der Waals surface area contributed by atoms with Crippen molar-refractivity contribution in [2.24, 2.45) is 0 Å². The topological polar surface area (TPSA) is 82.0 Å². The fourth-order valence-corrected chi connectivity index (χ4v) is 3.35. The Balaban J connectivity index is 2.06. The van der Waals surface area contributed by atoms with E-state index in [1.165, 1.54) is 17.2 Å². The molecule has 0 saturated carbocycles. The quantitative estimate of drug-likeness (QED) is 0.634. The summed E-state index contributed by atoms with van der Waals surface area (Å²) in [4.78, 5) is 12.7. The summed E-state index contributed by atoms with van der Waals surface area (Å²) in [6.45, 7) is 6.75. The van der Waals surface area contributed by atoms with Gasteiger partial charge in [-0.1, -0.05) is 6.58 Å². The van der Waals surface area contributed by atoms with E-state index in [4.69, 9.17) is 4.74 Å². The van der Waals surface area contributed by atoms with E-state index in [1.807, 2.05) is 0 Å². The summed E-state index contributed by atoms with van der Waals surface area (Å²) in [7, 11) is 0. The van der Waals surface area contributed by atoms with Gasteiger partial charge in [-0.25, -0.2) is 0 Å². The van der Waals surface area contributed by atoms with Gasteiger partial charge in [0.15, 0.2) is 6.23 Å². The van der Waals surface area contributed by atoms with Crippen LogP contribution >= 0.6 is 6.89 Å². The van der Waals surface area contributed by atoms with Gasteiger partial charge < -0.3 is 25.2 Å². The van der Waals surface area contributed by atoms with Gasteiger partial charge in [-0.2, -0.15) is 0 Å². The molecule has 3 N–H and O–H groups in total. The number of carbonyl (C=O) groups is 1. The molecule has 118 valence electrons. The van der Waals surface area contributed by atoms with Crippen LogP contribution in [0.4, 0.5) is 0 Å². The number of aliphatic hydroxyl groups excluding tert-OH is 2. The van der Waals surface area contributed by atoms with Crippen LogP contribution in [-0.2, 0) is 9.53 Å². The number of hydrogen-bond donors (Lipinski definition) is 3. The van der Waals surface area contributed by atoms with Crippen LogP contribution in [0.2, 0.25) is 0 Å². The molecule has 1 amide bonds. The van der Waals surface area contributed by atoms with E-state index in [1.54, 1.807) is 0 Å². The van der Waals surface area contributed by atoms with Gasteiger partial charge >= 0.3 is 0 Å². The van der Waals surface area contributed by atoms with Gasteiger partial charge in [0.05, 0.1) is 6.10 Å². The number of ether oxygens (including phenoxy) is 1. The first-order valence-electron chi connectivity index (χ1n) is 6.84. The van der Waals surface area contributed by atoms with Crippen LogP contribution < -0.4 is 5.32 Å². The molecule has 0 aromatic heterocycles. The van der Waals surface area contributed by atoms with Crippen molar-refractivity contribution in [3.8, 4) is 0 Å². The lowest BCUT2D eigenvalue weighted by Crippen LogP contribution is -2.46. The molecule has 0 aromatic carbocycles. The summed E-state index contributed by atoms with van der Waals surface area (Å²) in [5.41, 5.74) is 0. The number of nitrogens with one attached hydrogen (secondary N) is 1. The molecule has 0 aromatic rings. The number of carbonyl (C=O) groups excluding carboxylic acids is 1. The largest absolute Gasteiger partial charge is 0.388 e. The molecule has 0 bridgehead atoms. The average Bonchev–Trinajstić information content (AvgIpc) is 2.64. The van der Waals surface area contributed by atoms with Crippen molar-refractivity contribution in [1.82, 2.24) is 10.2 Å². The number of rotatable bonds is 4. The smallest absolute Gasteiger partial charge is 0.250 e. The normalized spacial score (nSPS) is 33.4. The van der Waals surface area contributed by atoms with Gasteiger partial charge in [0.1, 0.15) is 18.0 Å². The van der Waals surface area contributed by atoms with Crippen LogP contribution in [0.5, 0.6) is 0 Å². The summed E-state index contributed by atoms with van der Waals surface area (Å²) in [5, 5.41) is 22.9. The highest BCUT2D eigenvalue weighted by Gasteiger charge is 2.45. The first-order valence-corrected chi connectivity index (χ1v) is 9.90. The zero-order chi connectivity index (χ0) is 15.8. The van der Waals surface area contributed by atoms with Gasteiger partial charge in [-0.05, 0) is 25.9 Å². The van der Waals surface area contributed by atoms with Crippen molar-refractivity contribution in [2.45, 2.75) is 31.0 Å². The van der Waals surface area contributed by atoms with Gasteiger partial charge in [-0.3, -0.25) is 4.79 Å². The predicted octanol–water partition coefficient (Wildman–Crippen LogP) is -0.0509. The summed E-state index contributed by atoms with van der Waals surface area (Å²) in [6, 6.07) is 0. The van der Waals surface area contributed by atoms with E-state index in [0.29, 0.717) is 12.2 Å². The van der Waals surface area contributed by atoms with Crippen LogP contribution in [-0.4, -0.2) is 71.4 Å². The summed E-state index contributed by atoms with van der Waals surface area (Å²) < 4.78 is 5.78. The molecule has 0 spiro atoms. The Labute approximate surface area is 125 Å². The van der Waals surface area contributed by atoms with E-state index in [0.717, 1.165) is 6.16 Å². The minimum Gasteiger partial charge on any atom is -0.388 e. The minimum absolute atomic E-state index is 0.274. The third-order valence-corrected chi connectivity index (χ3v) is 5.06. The van der Waals surface area contributed by atoms with E-state index in [9.17, 15) is 15.0 Å². The Hall–Kier alpha value is -1.07. The third-order valence-electron chi connectivity index (χ3n) is 3.60. The van der Waals surface area contributed by atoms with Gasteiger partial charge in [0.2, 0.25) is 0 Å². The fourth-order valence-electron chi connectivity index (χ4n) is 2.40. The van der Waals surface area contributed by atoms with Gasteiger partial charge in [-0.15, -0.1) is 13.2 Å². The SMILES string of the molecule is C=C1NC(=O)C=CN1[C@@H]1O[C@H](CCP(=C)(C)C)[C@@H](O)[C@H]1O. The van der Waals surface area contributed by atoms with Crippen LogP contribution in [0.15, 0.2) is 24.7 Å². The van der Waals surface area contributed by atoms with Crippen LogP contribution in [0, 0.1) is 0 Å². The zero-order valence-corrected chi connectivity index (χ0v) is 13.3. The molecular weight excluding hydrogens is 291 g/mol. The van der Waals surface area contributed by atoms with Crippen LogP contribution in [0.25, 0.3) is 0 Å². The Morgan fingerprint density at radius 1 is 1.43 bits per heavy atom. The molecule has 21 heavy (non-hydrogen) atoms. The molecule has 2 heterocycles. The van der Waals surface area contributed by atoms with Crippen molar-refractivity contribution < 1.29 is 19.7 Å². The predicted molar refractivity (Wildman–Crippen MR) is 84.3 cm³/mol. The third kappa shape index (κ3) is 3.77. The molecule has 2 aliphatic rings. The molecule has 4 atom stereocenters. The van der Waals surface area contributed by atoms with Crippen LogP contribution in [0.3, 0.4) is 0 Å². The van der Waals surface area contributed by atoms with E-state index >= 15 is 0 Å². The Kier molecular flexibility index (Phi) is 4.63. The second kappa shape index (κ2) is 5.97. The Morgan fingerprint density at radius 2 is 2.10 bits per heavy atom. The highest BCUT2D eigenvalue weighted by atomic mass is 31.2. The summed E-state index contributed by atoms with van der Waals surface area (Å²) in [6.07, 6.45) is 5.28. The molecule has 6 nitrogen and oxygen atoms in total. The molecule has 2 aliphatic heterocycles. The maximum atomic E-state index is 11.2. The maximum Gasteiger partial charge on any atom is 0.250 e. The van der Waals surface area contributed by atoms with Crippen molar-refractivity contribution in [3.63, 3.8) is 0 Å². The standard InChI is InChI=1S/C14H23N2O4P/c1-9-15-11(17)5-7-16(9)14-13(19)12(18)10(20-14)6-8-21(2,3)4/h5,7,10,12-14,18-19H,1-2,6,8H2,3-4H3,(H,15,17)/t10-,12-,13-,14-/m1/s1. The molecule has 7 heteroatoms. The van der Waals surface area contributed by atoms with Crippen LogP contribution in [0.1, 0.15) is 6.42 Å². The van der Waals surface area contributed by atoms with E-state index in [-0.39, 0.29) is 5.91 Å². The van der Waals surface area contributed by atoms with Gasteiger partial charge in [0.25, 0.3) is 5.91 Å². The molecule has 1 saturated heterocycles. The average molecular weight is 314 g/mol. The zero-order valence-electron chi connectivity index (χ0n) is 12.4. The molecule has 0 aliphatic carbocycles. The lowest BCUT2D eigenvalue weighted by Gasteiger charge is -2.32. The molecule has 0 radical (unpaired) electrons. The summed E-state index contributed by atoms with van der Waals surface area (Å²) >= 11 is 0. The molecular formula is C14H23N2O4P. The number of nitrogens with zero attached hydrogens (tertiary/aromatic N) is 1. The van der Waals surface area contributed by atoms with E-state index in [2.05, 4.69) is 31.5 Å². The fraction of sp³-hybridized carbons (Fsp3) is 0.571. The highest BCUT2D eigenvalue weighted by molar-refractivity contribution is 7.72. The van der Waals surface area contributed by atoms with Crippen molar-refractivity contribution in [3.05, 3.63) is 24.7 Å². The molecule has 0 unspecified atom stereocenters. The first kappa shape index (κ1) is 16.3. The van der Waals surface area contributed by atoms with E-state index < -0.39 is 31.4 Å². The van der Waals surface area contributed by atoms with Crippen molar-refractivity contribution in [2.75, 3.05) is 19.5 Å². The summed E-state index contributed by atoms with van der Waals surface area (Å²) in [5.74, 6) is 0.0498. The second-order valence-electron chi connectivity index (χ2n) is 6.15. The lowest BCUT2D eigenvalue weighted by molar-refractivity contribution is -0.118. The maximum absolute atomic E-state index is 11.2. The molecule has 2 rings (SSSR count). The second-order valence-corrected chi connectivity index (χ2v) is 10.5. The van der Waals surface area contributed by atoms with Crippen molar-refractivity contribution in [1.29, 1.82) is 0 Å². The minimum atomic E-state index is -1.21. The molecule has 1 fully saturated rings. The highest BCUT2D eigenvalue weighted by Crippen LogP contribution is 2.38. The van der Waals surface area contributed by atoms with Gasteiger partial charge in [0, 0.05) is 12.3 Å². The Morgan fingerprint density at radius 3 is 2.67 bits per heavy atom. The lowest BCUT2D eigenvalue weighted by atomic mass is 10.1.